The van der Waals surface area contributed by atoms with Crippen molar-refractivity contribution < 1.29 is 0 Å². The highest BCUT2D eigenvalue weighted by molar-refractivity contribution is 5.60. The van der Waals surface area contributed by atoms with Gasteiger partial charge in [-0.15, -0.1) is 0 Å². The van der Waals surface area contributed by atoms with Crippen LogP contribution in [0.1, 0.15) is 29.7 Å². The van der Waals surface area contributed by atoms with Crippen molar-refractivity contribution in [2.45, 2.75) is 32.4 Å². The van der Waals surface area contributed by atoms with Crippen molar-refractivity contribution in [2.75, 3.05) is 11.9 Å². The number of unbranched alkanes of at least 4 members (excludes halogenated alkanes) is 1. The van der Waals surface area contributed by atoms with Crippen molar-refractivity contribution >= 4 is 5.82 Å². The number of nitrogens with zero attached hydrogens (tertiary/aromatic N) is 3. The highest BCUT2D eigenvalue weighted by Gasteiger charge is 2.19. The molecular formula is C21H23N5. The van der Waals surface area contributed by atoms with E-state index >= 15 is 0 Å². The van der Waals surface area contributed by atoms with E-state index in [9.17, 15) is 0 Å². The molecule has 1 aliphatic heterocycles. The number of pyridine rings is 1. The normalized spacial score (nSPS) is 12.8. The molecule has 3 heterocycles. The third kappa shape index (κ3) is 3.89. The van der Waals surface area contributed by atoms with Gasteiger partial charge in [0.2, 0.25) is 0 Å². The molecule has 0 saturated carbocycles. The van der Waals surface area contributed by atoms with Crippen LogP contribution in [0.3, 0.4) is 0 Å². The van der Waals surface area contributed by atoms with Gasteiger partial charge in [-0.1, -0.05) is 30.3 Å². The maximum atomic E-state index is 4.78. The van der Waals surface area contributed by atoms with E-state index in [1.165, 1.54) is 17.5 Å². The quantitative estimate of drug-likeness (QED) is 0.641. The van der Waals surface area contributed by atoms with Gasteiger partial charge in [-0.25, -0.2) is 9.97 Å². The van der Waals surface area contributed by atoms with Crippen LogP contribution in [0.15, 0.2) is 54.9 Å². The molecule has 0 radical (unpaired) electrons. The second kappa shape index (κ2) is 8.06. The summed E-state index contributed by atoms with van der Waals surface area (Å²) in [5.41, 5.74) is 4.70. The summed E-state index contributed by atoms with van der Waals surface area (Å²) in [6.45, 7) is 2.56. The van der Waals surface area contributed by atoms with Crippen molar-refractivity contribution in [1.29, 1.82) is 0 Å². The molecule has 1 aromatic carbocycles. The summed E-state index contributed by atoms with van der Waals surface area (Å²) in [6.07, 6.45) is 6.96. The van der Waals surface area contributed by atoms with Crippen LogP contribution in [0.25, 0.3) is 11.4 Å². The summed E-state index contributed by atoms with van der Waals surface area (Å²) >= 11 is 0. The van der Waals surface area contributed by atoms with Crippen molar-refractivity contribution in [3.63, 3.8) is 0 Å². The number of fused-ring (bicyclic) bond motifs is 1. The molecule has 0 aliphatic carbocycles. The molecule has 0 bridgehead atoms. The van der Waals surface area contributed by atoms with E-state index in [1.807, 2.05) is 12.1 Å². The van der Waals surface area contributed by atoms with Crippen LogP contribution in [-0.2, 0) is 19.5 Å². The van der Waals surface area contributed by atoms with Crippen molar-refractivity contribution in [2.24, 2.45) is 0 Å². The third-order valence-corrected chi connectivity index (χ3v) is 4.65. The van der Waals surface area contributed by atoms with Crippen LogP contribution < -0.4 is 10.6 Å². The Morgan fingerprint density at radius 2 is 1.77 bits per heavy atom. The first-order valence-corrected chi connectivity index (χ1v) is 9.19. The van der Waals surface area contributed by atoms with Gasteiger partial charge in [0, 0.05) is 43.2 Å². The average molecular weight is 345 g/mol. The Morgan fingerprint density at radius 1 is 0.923 bits per heavy atom. The molecule has 0 spiro atoms. The van der Waals surface area contributed by atoms with Gasteiger partial charge in [0.1, 0.15) is 5.82 Å². The van der Waals surface area contributed by atoms with E-state index in [4.69, 9.17) is 9.97 Å². The molecule has 132 valence electrons. The number of anilines is 1. The molecule has 26 heavy (non-hydrogen) atoms. The highest BCUT2D eigenvalue weighted by atomic mass is 15.1. The zero-order valence-electron chi connectivity index (χ0n) is 14.8. The molecule has 0 atom stereocenters. The van der Waals surface area contributed by atoms with Gasteiger partial charge in [-0.05, 0) is 37.0 Å². The van der Waals surface area contributed by atoms with Crippen LogP contribution >= 0.6 is 0 Å². The Kier molecular flexibility index (Phi) is 5.17. The number of hydrogen-bond donors (Lipinski definition) is 2. The number of hydrogen-bond acceptors (Lipinski definition) is 5. The van der Waals surface area contributed by atoms with Gasteiger partial charge >= 0.3 is 0 Å². The number of rotatable bonds is 7. The molecule has 5 heteroatoms. The lowest BCUT2D eigenvalue weighted by atomic mass is 10.1. The monoisotopic (exact) mass is 345 g/mol. The van der Waals surface area contributed by atoms with Crippen molar-refractivity contribution in [1.82, 2.24) is 20.3 Å². The Balaban J connectivity index is 1.40. The Hall–Kier alpha value is -2.79. The first-order chi connectivity index (χ1) is 12.9. The van der Waals surface area contributed by atoms with Crippen LogP contribution in [0, 0.1) is 0 Å². The summed E-state index contributed by atoms with van der Waals surface area (Å²) in [6, 6.07) is 14.6. The molecule has 2 aromatic heterocycles. The number of aromatic nitrogens is 3. The van der Waals surface area contributed by atoms with E-state index in [-0.39, 0.29) is 0 Å². The first-order valence-electron chi connectivity index (χ1n) is 9.19. The molecule has 5 nitrogen and oxygen atoms in total. The summed E-state index contributed by atoms with van der Waals surface area (Å²) in [4.78, 5) is 13.6. The first kappa shape index (κ1) is 16.7. The fourth-order valence-corrected chi connectivity index (χ4v) is 3.25. The Bertz CT molecular complexity index is 849. The fourth-order valence-electron chi connectivity index (χ4n) is 3.25. The smallest absolute Gasteiger partial charge is 0.161 e. The molecule has 0 fully saturated rings. The lowest BCUT2D eigenvalue weighted by molar-refractivity contribution is 0.753. The number of nitrogens with one attached hydrogen (secondary N) is 2. The van der Waals surface area contributed by atoms with Crippen LogP contribution in [0.4, 0.5) is 5.82 Å². The zero-order valence-corrected chi connectivity index (χ0v) is 14.8. The molecule has 1 aliphatic rings. The minimum absolute atomic E-state index is 0.765. The molecule has 0 saturated heterocycles. The largest absolute Gasteiger partial charge is 0.370 e. The Morgan fingerprint density at radius 3 is 2.62 bits per heavy atom. The van der Waals surface area contributed by atoms with Gasteiger partial charge < -0.3 is 10.6 Å². The standard InChI is InChI=1S/C21H23N5/c1-2-6-16(7-3-1)8-4-5-11-24-21-18-14-23-15-19(18)25-20(26-21)17-9-12-22-13-10-17/h1-3,6-7,9-10,12-13,23H,4-5,8,11,14-15H2,(H,24,25,26). The third-order valence-electron chi connectivity index (χ3n) is 4.65. The highest BCUT2D eigenvalue weighted by Crippen LogP contribution is 2.25. The molecule has 4 rings (SSSR count). The molecular weight excluding hydrogens is 322 g/mol. The maximum absolute atomic E-state index is 4.78. The van der Waals surface area contributed by atoms with Gasteiger partial charge in [-0.2, -0.15) is 0 Å². The molecule has 0 unspecified atom stereocenters. The minimum Gasteiger partial charge on any atom is -0.370 e. The summed E-state index contributed by atoms with van der Waals surface area (Å²) < 4.78 is 0. The predicted molar refractivity (Wildman–Crippen MR) is 104 cm³/mol. The van der Waals surface area contributed by atoms with Crippen molar-refractivity contribution in [3.05, 3.63) is 71.7 Å². The topological polar surface area (TPSA) is 62.7 Å². The van der Waals surface area contributed by atoms with Gasteiger partial charge in [0.15, 0.2) is 5.82 Å². The minimum atomic E-state index is 0.765. The predicted octanol–water partition coefficient (Wildman–Crippen LogP) is 3.58. The van der Waals surface area contributed by atoms with E-state index in [2.05, 4.69) is 45.9 Å². The lowest BCUT2D eigenvalue weighted by Gasteiger charge is -2.12. The summed E-state index contributed by atoms with van der Waals surface area (Å²) in [7, 11) is 0. The van der Waals surface area contributed by atoms with Crippen molar-refractivity contribution in [3.8, 4) is 11.4 Å². The summed E-state index contributed by atoms with van der Waals surface area (Å²) in [5, 5.41) is 6.91. The van der Waals surface area contributed by atoms with E-state index in [0.717, 1.165) is 55.4 Å². The number of aryl methyl sites for hydroxylation is 1. The van der Waals surface area contributed by atoms with Gasteiger partial charge in [0.25, 0.3) is 0 Å². The fraction of sp³-hybridized carbons (Fsp3) is 0.286. The second-order valence-corrected chi connectivity index (χ2v) is 6.53. The molecule has 3 aromatic rings. The maximum Gasteiger partial charge on any atom is 0.161 e. The van der Waals surface area contributed by atoms with Crippen LogP contribution in [0.5, 0.6) is 0 Å². The average Bonchev–Trinajstić information content (AvgIpc) is 3.18. The van der Waals surface area contributed by atoms with E-state index in [1.54, 1.807) is 12.4 Å². The van der Waals surface area contributed by atoms with Gasteiger partial charge in [0.05, 0.1) is 5.69 Å². The number of benzene rings is 1. The summed E-state index contributed by atoms with van der Waals surface area (Å²) in [5.74, 6) is 1.73. The van der Waals surface area contributed by atoms with E-state index < -0.39 is 0 Å². The molecule has 2 N–H and O–H groups in total. The zero-order chi connectivity index (χ0) is 17.6. The van der Waals surface area contributed by atoms with Crippen LogP contribution in [-0.4, -0.2) is 21.5 Å². The second-order valence-electron chi connectivity index (χ2n) is 6.53. The lowest BCUT2D eigenvalue weighted by Crippen LogP contribution is -2.09. The Labute approximate surface area is 153 Å². The molecule has 0 amide bonds. The van der Waals surface area contributed by atoms with E-state index in [0.29, 0.717) is 0 Å². The van der Waals surface area contributed by atoms with Gasteiger partial charge in [-0.3, -0.25) is 4.98 Å². The van der Waals surface area contributed by atoms with Crippen LogP contribution in [0.2, 0.25) is 0 Å². The SMILES string of the molecule is c1ccc(CCCCNc2nc(-c3ccncc3)nc3c2CNC3)cc1.